The van der Waals surface area contributed by atoms with Crippen molar-refractivity contribution in [2.24, 2.45) is 0 Å². The van der Waals surface area contributed by atoms with E-state index in [0.29, 0.717) is 24.5 Å². The molecule has 0 saturated heterocycles. The molecule has 0 saturated carbocycles. The van der Waals surface area contributed by atoms with E-state index in [1.807, 2.05) is 13.0 Å². The van der Waals surface area contributed by atoms with Crippen LogP contribution in [0.1, 0.15) is 39.3 Å². The van der Waals surface area contributed by atoms with E-state index >= 15 is 0 Å². The number of unbranched alkanes of at least 4 members (excludes halogenated alkanes) is 1. The van der Waals surface area contributed by atoms with Gasteiger partial charge in [0.05, 0.1) is 6.61 Å². The van der Waals surface area contributed by atoms with Gasteiger partial charge in [0.1, 0.15) is 0 Å². The highest BCUT2D eigenvalue weighted by Gasteiger charge is 2.03. The quantitative estimate of drug-likeness (QED) is 0.753. The number of hydrogen-bond acceptors (Lipinski definition) is 4. The highest BCUT2D eigenvalue weighted by molar-refractivity contribution is 5.31. The molecule has 0 aromatic carbocycles. The van der Waals surface area contributed by atoms with Gasteiger partial charge in [-0.2, -0.15) is 4.98 Å². The predicted octanol–water partition coefficient (Wildman–Crippen LogP) is 2.78. The van der Waals surface area contributed by atoms with Crippen LogP contribution in [-0.4, -0.2) is 22.6 Å². The van der Waals surface area contributed by atoms with Crippen molar-refractivity contribution in [2.45, 2.75) is 46.6 Å². The Kier molecular flexibility index (Phi) is 5.02. The number of hydrogen-bond donors (Lipinski definition) is 1. The number of aryl methyl sites for hydroxylation is 1. The molecule has 0 amide bonds. The average molecular weight is 223 g/mol. The minimum Gasteiger partial charge on any atom is -0.478 e. The standard InChI is InChI=1S/C12H21N3O/c1-5-6-7-16-11-8-10(4)14-12(15-11)13-9(2)3/h8-9H,5-7H2,1-4H3,(H,13,14,15). The van der Waals surface area contributed by atoms with Crippen molar-refractivity contribution in [1.82, 2.24) is 9.97 Å². The van der Waals surface area contributed by atoms with Crippen molar-refractivity contribution in [3.05, 3.63) is 11.8 Å². The monoisotopic (exact) mass is 223 g/mol. The van der Waals surface area contributed by atoms with Gasteiger partial charge in [0, 0.05) is 17.8 Å². The Balaban J connectivity index is 2.65. The summed E-state index contributed by atoms with van der Waals surface area (Å²) in [4.78, 5) is 8.60. The second kappa shape index (κ2) is 6.30. The number of nitrogens with one attached hydrogen (secondary N) is 1. The van der Waals surface area contributed by atoms with E-state index in [2.05, 4.69) is 36.1 Å². The topological polar surface area (TPSA) is 47.0 Å². The van der Waals surface area contributed by atoms with E-state index in [-0.39, 0.29) is 0 Å². The van der Waals surface area contributed by atoms with E-state index in [0.717, 1.165) is 18.5 Å². The zero-order valence-electron chi connectivity index (χ0n) is 10.6. The summed E-state index contributed by atoms with van der Waals surface area (Å²) in [5.41, 5.74) is 0.921. The normalized spacial score (nSPS) is 10.6. The molecule has 1 heterocycles. The SMILES string of the molecule is CCCCOc1cc(C)nc(NC(C)C)n1. The van der Waals surface area contributed by atoms with Gasteiger partial charge in [-0.25, -0.2) is 4.98 Å². The first kappa shape index (κ1) is 12.7. The van der Waals surface area contributed by atoms with Gasteiger partial charge in [-0.3, -0.25) is 0 Å². The number of aromatic nitrogens is 2. The zero-order chi connectivity index (χ0) is 12.0. The van der Waals surface area contributed by atoms with Crippen molar-refractivity contribution in [2.75, 3.05) is 11.9 Å². The first-order valence-electron chi connectivity index (χ1n) is 5.87. The molecule has 1 aromatic heterocycles. The summed E-state index contributed by atoms with van der Waals surface area (Å²) in [5.74, 6) is 1.30. The van der Waals surface area contributed by atoms with Crippen LogP contribution in [0.3, 0.4) is 0 Å². The van der Waals surface area contributed by atoms with Crippen molar-refractivity contribution in [3.63, 3.8) is 0 Å². The second-order valence-electron chi connectivity index (χ2n) is 4.17. The lowest BCUT2D eigenvalue weighted by Gasteiger charge is -2.11. The van der Waals surface area contributed by atoms with Gasteiger partial charge in [-0.15, -0.1) is 0 Å². The first-order valence-corrected chi connectivity index (χ1v) is 5.87. The number of ether oxygens (including phenoxy) is 1. The molecule has 1 N–H and O–H groups in total. The molecular formula is C12H21N3O. The summed E-state index contributed by atoms with van der Waals surface area (Å²) < 4.78 is 5.56. The average Bonchev–Trinajstić information content (AvgIpc) is 2.16. The molecule has 0 radical (unpaired) electrons. The van der Waals surface area contributed by atoms with E-state index in [9.17, 15) is 0 Å². The minimum absolute atomic E-state index is 0.324. The van der Waals surface area contributed by atoms with Crippen LogP contribution in [0.4, 0.5) is 5.95 Å². The summed E-state index contributed by atoms with van der Waals surface area (Å²) in [6.07, 6.45) is 2.18. The number of rotatable bonds is 6. The van der Waals surface area contributed by atoms with Gasteiger partial charge < -0.3 is 10.1 Å². The number of nitrogens with zero attached hydrogens (tertiary/aromatic N) is 2. The first-order chi connectivity index (χ1) is 7.61. The molecule has 0 aliphatic rings. The van der Waals surface area contributed by atoms with Gasteiger partial charge in [0.2, 0.25) is 11.8 Å². The van der Waals surface area contributed by atoms with Gasteiger partial charge in [0.25, 0.3) is 0 Å². The Labute approximate surface area is 97.5 Å². The summed E-state index contributed by atoms with van der Waals surface area (Å²) in [7, 11) is 0. The van der Waals surface area contributed by atoms with Gasteiger partial charge in [-0.05, 0) is 27.2 Å². The third kappa shape index (κ3) is 4.47. The third-order valence-electron chi connectivity index (χ3n) is 2.00. The van der Waals surface area contributed by atoms with Crippen molar-refractivity contribution >= 4 is 5.95 Å². The van der Waals surface area contributed by atoms with Crippen LogP contribution in [0.5, 0.6) is 5.88 Å². The van der Waals surface area contributed by atoms with Crippen LogP contribution in [0.25, 0.3) is 0 Å². The van der Waals surface area contributed by atoms with E-state index in [1.54, 1.807) is 0 Å². The molecule has 0 aliphatic heterocycles. The maximum atomic E-state index is 5.56. The molecule has 0 fully saturated rings. The molecule has 4 nitrogen and oxygen atoms in total. The smallest absolute Gasteiger partial charge is 0.226 e. The maximum Gasteiger partial charge on any atom is 0.226 e. The van der Waals surface area contributed by atoms with Crippen molar-refractivity contribution in [3.8, 4) is 5.88 Å². The summed E-state index contributed by atoms with van der Waals surface area (Å²) in [6, 6.07) is 2.19. The Morgan fingerprint density at radius 2 is 2.12 bits per heavy atom. The molecule has 0 atom stereocenters. The van der Waals surface area contributed by atoms with E-state index < -0.39 is 0 Å². The zero-order valence-corrected chi connectivity index (χ0v) is 10.6. The highest BCUT2D eigenvalue weighted by Crippen LogP contribution is 2.12. The van der Waals surface area contributed by atoms with Crippen molar-refractivity contribution in [1.29, 1.82) is 0 Å². The molecule has 0 unspecified atom stereocenters. The fourth-order valence-electron chi connectivity index (χ4n) is 1.26. The molecule has 1 rings (SSSR count). The van der Waals surface area contributed by atoms with Gasteiger partial charge in [0.15, 0.2) is 0 Å². The molecule has 90 valence electrons. The van der Waals surface area contributed by atoms with Crippen LogP contribution >= 0.6 is 0 Å². The Morgan fingerprint density at radius 1 is 1.38 bits per heavy atom. The molecule has 4 heteroatoms. The Bertz CT molecular complexity index is 326. The molecule has 0 aliphatic carbocycles. The van der Waals surface area contributed by atoms with Crippen LogP contribution in [0, 0.1) is 6.92 Å². The third-order valence-corrected chi connectivity index (χ3v) is 2.00. The minimum atomic E-state index is 0.324. The van der Waals surface area contributed by atoms with Crippen molar-refractivity contribution < 1.29 is 4.74 Å². The number of anilines is 1. The van der Waals surface area contributed by atoms with Crippen LogP contribution in [-0.2, 0) is 0 Å². The maximum absolute atomic E-state index is 5.56. The highest BCUT2D eigenvalue weighted by atomic mass is 16.5. The van der Waals surface area contributed by atoms with Crippen LogP contribution in [0.2, 0.25) is 0 Å². The van der Waals surface area contributed by atoms with Gasteiger partial charge in [-0.1, -0.05) is 13.3 Å². The summed E-state index contributed by atoms with van der Waals surface area (Å²) >= 11 is 0. The van der Waals surface area contributed by atoms with E-state index in [4.69, 9.17) is 4.74 Å². The molecule has 0 bridgehead atoms. The Morgan fingerprint density at radius 3 is 2.75 bits per heavy atom. The van der Waals surface area contributed by atoms with E-state index in [1.165, 1.54) is 0 Å². The lowest BCUT2D eigenvalue weighted by atomic mass is 10.4. The molecule has 1 aromatic rings. The fraction of sp³-hybridized carbons (Fsp3) is 0.667. The van der Waals surface area contributed by atoms with Crippen LogP contribution in [0.15, 0.2) is 6.07 Å². The van der Waals surface area contributed by atoms with Gasteiger partial charge >= 0.3 is 0 Å². The lowest BCUT2D eigenvalue weighted by molar-refractivity contribution is 0.297. The predicted molar refractivity (Wildman–Crippen MR) is 65.9 cm³/mol. The molecule has 16 heavy (non-hydrogen) atoms. The summed E-state index contributed by atoms with van der Waals surface area (Å²) in [6.45, 7) is 8.92. The summed E-state index contributed by atoms with van der Waals surface area (Å²) in [5, 5.41) is 3.17. The second-order valence-corrected chi connectivity index (χ2v) is 4.17. The molecular weight excluding hydrogens is 202 g/mol. The lowest BCUT2D eigenvalue weighted by Crippen LogP contribution is -2.13. The largest absolute Gasteiger partial charge is 0.478 e. The fourth-order valence-corrected chi connectivity index (χ4v) is 1.26. The Hall–Kier alpha value is -1.32. The van der Waals surface area contributed by atoms with Crippen LogP contribution < -0.4 is 10.1 Å². The molecule has 0 spiro atoms.